The smallest absolute Gasteiger partial charge is 0.187 e. The molecule has 0 bridgehead atoms. The van der Waals surface area contributed by atoms with Crippen molar-refractivity contribution in [1.82, 2.24) is 0 Å². The van der Waals surface area contributed by atoms with Crippen LogP contribution in [-0.4, -0.2) is 191 Å². The van der Waals surface area contributed by atoms with E-state index in [1.165, 1.54) is 6.92 Å². The summed E-state index contributed by atoms with van der Waals surface area (Å²) in [6.45, 7) is 16.8. The third kappa shape index (κ3) is 8.59. The molecule has 4 aliphatic carbocycles. The molecule has 4 saturated carbocycles. The van der Waals surface area contributed by atoms with Crippen molar-refractivity contribution in [3.8, 4) is 0 Å². The van der Waals surface area contributed by atoms with E-state index in [0.717, 1.165) is 5.57 Å². The highest BCUT2D eigenvalue weighted by Gasteiger charge is 2.75. The Morgan fingerprint density at radius 2 is 1.26 bits per heavy atom. The molecule has 0 radical (unpaired) electrons. The highest BCUT2D eigenvalue weighted by atomic mass is 16.8. The monoisotopic (exact) mass is 947 g/mol. The van der Waals surface area contributed by atoms with Crippen molar-refractivity contribution in [2.45, 2.75) is 230 Å². The summed E-state index contributed by atoms with van der Waals surface area (Å²) in [6.07, 6.45) is -18.7. The van der Waals surface area contributed by atoms with Crippen molar-refractivity contribution in [1.29, 1.82) is 0 Å². The summed E-state index contributed by atoms with van der Waals surface area (Å²) >= 11 is 0. The lowest BCUT2D eigenvalue weighted by molar-refractivity contribution is -0.386. The van der Waals surface area contributed by atoms with Gasteiger partial charge in [0.15, 0.2) is 18.9 Å². The summed E-state index contributed by atoms with van der Waals surface area (Å²) in [5.41, 5.74) is -2.58. The first-order valence-corrected chi connectivity index (χ1v) is 24.3. The molecule has 7 aliphatic rings. The van der Waals surface area contributed by atoms with E-state index < -0.39 is 157 Å². The molecule has 12 N–H and O–H groups in total. The van der Waals surface area contributed by atoms with Gasteiger partial charge in [-0.1, -0.05) is 46.3 Å². The minimum absolute atomic E-state index is 0.154. The average Bonchev–Trinajstić information content (AvgIpc) is 3.65. The molecule has 0 amide bonds. The number of hydrogen-bond acceptors (Lipinski definition) is 18. The van der Waals surface area contributed by atoms with Gasteiger partial charge in [0.25, 0.3) is 0 Å². The van der Waals surface area contributed by atoms with E-state index in [0.29, 0.717) is 51.4 Å². The van der Waals surface area contributed by atoms with Gasteiger partial charge in [0.2, 0.25) is 0 Å². The van der Waals surface area contributed by atoms with Crippen LogP contribution in [0, 0.1) is 45.3 Å². The minimum Gasteiger partial charge on any atom is -0.394 e. The number of aliphatic hydroxyl groups excluding tert-OH is 12. The summed E-state index contributed by atoms with van der Waals surface area (Å²) in [4.78, 5) is 0. The van der Waals surface area contributed by atoms with Crippen LogP contribution in [0.25, 0.3) is 0 Å². The number of rotatable bonds is 12. The van der Waals surface area contributed by atoms with Gasteiger partial charge in [0, 0.05) is 5.41 Å². The molecule has 0 aromatic heterocycles. The van der Waals surface area contributed by atoms with Crippen molar-refractivity contribution in [3.63, 3.8) is 0 Å². The van der Waals surface area contributed by atoms with Crippen LogP contribution >= 0.6 is 0 Å². The van der Waals surface area contributed by atoms with E-state index in [1.54, 1.807) is 0 Å². The Morgan fingerprint density at radius 1 is 0.667 bits per heavy atom. The van der Waals surface area contributed by atoms with Gasteiger partial charge in [0.1, 0.15) is 67.1 Å². The quantitative estimate of drug-likeness (QED) is 0.0904. The molecule has 7 rings (SSSR count). The molecule has 3 heterocycles. The van der Waals surface area contributed by atoms with E-state index in [1.807, 2.05) is 20.8 Å². The highest BCUT2D eigenvalue weighted by molar-refractivity contribution is 5.23. The number of hydrogen-bond donors (Lipinski definition) is 12. The van der Waals surface area contributed by atoms with E-state index >= 15 is 0 Å². The predicted octanol–water partition coefficient (Wildman–Crippen LogP) is -0.0284. The molecule has 18 heteroatoms. The zero-order chi connectivity index (χ0) is 48.8. The van der Waals surface area contributed by atoms with Gasteiger partial charge in [-0.05, 0) is 119 Å². The van der Waals surface area contributed by atoms with Gasteiger partial charge in [-0.25, -0.2) is 0 Å². The number of allylic oxidation sites excluding steroid dienone is 2. The molecule has 26 atom stereocenters. The molecule has 3 saturated heterocycles. The topological polar surface area (TPSA) is 298 Å². The molecular weight excluding hydrogens is 865 g/mol. The lowest BCUT2D eigenvalue weighted by Gasteiger charge is -2.72. The molecule has 0 unspecified atom stereocenters. The van der Waals surface area contributed by atoms with Crippen LogP contribution in [0.2, 0.25) is 0 Å². The summed E-state index contributed by atoms with van der Waals surface area (Å²) in [6, 6.07) is 0. The second kappa shape index (κ2) is 19.2. The van der Waals surface area contributed by atoms with Gasteiger partial charge >= 0.3 is 0 Å². The van der Waals surface area contributed by atoms with E-state index in [9.17, 15) is 61.3 Å². The van der Waals surface area contributed by atoms with Gasteiger partial charge < -0.3 is 89.7 Å². The Bertz CT molecular complexity index is 1700. The van der Waals surface area contributed by atoms with Crippen LogP contribution in [-0.2, 0) is 28.4 Å². The zero-order valence-electron chi connectivity index (χ0n) is 40.2. The van der Waals surface area contributed by atoms with Gasteiger partial charge in [-0.2, -0.15) is 0 Å². The van der Waals surface area contributed by atoms with Crippen LogP contribution in [0.3, 0.4) is 0 Å². The lowest BCUT2D eigenvalue weighted by Crippen LogP contribution is -2.72. The predicted molar refractivity (Wildman–Crippen MR) is 234 cm³/mol. The number of ether oxygens (including phenoxy) is 6. The molecule has 18 nitrogen and oxygen atoms in total. The maximum absolute atomic E-state index is 12.8. The summed E-state index contributed by atoms with van der Waals surface area (Å²) in [5.74, 6) is -1.19. The maximum Gasteiger partial charge on any atom is 0.187 e. The molecular formula is C48H82O18. The molecule has 66 heavy (non-hydrogen) atoms. The Hall–Kier alpha value is -0.980. The van der Waals surface area contributed by atoms with Crippen molar-refractivity contribution >= 4 is 0 Å². The fraction of sp³-hybridized carbons (Fsp3) is 0.958. The molecule has 3 aliphatic heterocycles. The average molecular weight is 947 g/mol. The van der Waals surface area contributed by atoms with Gasteiger partial charge in [-0.15, -0.1) is 0 Å². The standard InChI is InChI=1S/C48H82O18/c1-21(2)11-10-14-47(8,66-42-39(60)36(57)33(54)25(19-49)62-42)23-12-16-46(7)31(23)24(51)17-28-45(6)15-13-29(52)44(4,5)27(45)18-30(48(28,46)9)64-43-40(37(58)34(55)26(20-50)63-43)65-41-38(59)35(56)32(53)22(3)61-41/h11,22-43,49-60H,10,12-20H2,1-9H3/t22-,23-,24+,25+,26+,27-,28+,29-,30+,31-,32-,33+,34+,35+,36-,37-,38+,39+,40+,41-,42-,43-,45-,46+,47-,48-/m0/s1. The van der Waals surface area contributed by atoms with Crippen molar-refractivity contribution < 1.29 is 89.7 Å². The number of aliphatic hydroxyl groups is 12. The fourth-order valence-electron chi connectivity index (χ4n) is 14.7. The highest BCUT2D eigenvalue weighted by Crippen LogP contribution is 2.76. The second-order valence-electron chi connectivity index (χ2n) is 23.0. The molecule has 382 valence electrons. The van der Waals surface area contributed by atoms with Gasteiger partial charge in [0.05, 0.1) is 43.2 Å². The van der Waals surface area contributed by atoms with Gasteiger partial charge in [-0.3, -0.25) is 0 Å². The summed E-state index contributed by atoms with van der Waals surface area (Å²) < 4.78 is 38.3. The van der Waals surface area contributed by atoms with Crippen LogP contribution in [0.4, 0.5) is 0 Å². The van der Waals surface area contributed by atoms with Crippen LogP contribution < -0.4 is 0 Å². The minimum atomic E-state index is -1.76. The molecule has 0 aromatic rings. The summed E-state index contributed by atoms with van der Waals surface area (Å²) in [7, 11) is 0. The molecule has 0 spiro atoms. The second-order valence-corrected chi connectivity index (χ2v) is 23.0. The normalized spacial score (nSPS) is 53.5. The Morgan fingerprint density at radius 3 is 1.88 bits per heavy atom. The van der Waals surface area contributed by atoms with Crippen LogP contribution in [0.5, 0.6) is 0 Å². The third-order valence-corrected chi connectivity index (χ3v) is 18.8. The maximum atomic E-state index is 12.8. The Labute approximate surface area is 388 Å². The fourth-order valence-corrected chi connectivity index (χ4v) is 14.7. The first kappa shape index (κ1) is 52.8. The zero-order valence-corrected chi connectivity index (χ0v) is 40.2. The lowest BCUT2D eigenvalue weighted by atomic mass is 9.34. The Kier molecular flexibility index (Phi) is 15.4. The van der Waals surface area contributed by atoms with Crippen molar-refractivity contribution in [2.24, 2.45) is 45.3 Å². The first-order chi connectivity index (χ1) is 30.7. The van der Waals surface area contributed by atoms with Crippen LogP contribution in [0.15, 0.2) is 11.6 Å². The van der Waals surface area contributed by atoms with Crippen LogP contribution in [0.1, 0.15) is 114 Å². The molecule has 7 fully saturated rings. The first-order valence-electron chi connectivity index (χ1n) is 24.3. The molecule has 0 aromatic carbocycles. The Balaban J connectivity index is 1.31. The number of fused-ring (bicyclic) bond motifs is 5. The summed E-state index contributed by atoms with van der Waals surface area (Å²) in [5, 5.41) is 133. The third-order valence-electron chi connectivity index (χ3n) is 18.8. The SMILES string of the molecule is CC(C)=CCC[C@](C)(O[C@@H]1O[C@H](CO)[C@@H](O)[C@H](O)[C@H]1O)[C@H]1CC[C@]2(C)[C@@H]1[C@H](O)C[C@@H]1[C@@]3(C)CC[C@H](O)C(C)(C)[C@@H]3C[C@@H](O[C@@H]3O[C@H](CO)[C@@H](O)[C@H](O)[C@H]3O[C@@H]3O[C@@H](C)[C@H](O)[C@@H](O)[C@H]3O)[C@]12C. The van der Waals surface area contributed by atoms with E-state index in [4.69, 9.17) is 28.4 Å². The largest absolute Gasteiger partial charge is 0.394 e. The van der Waals surface area contributed by atoms with E-state index in [2.05, 4.69) is 40.7 Å². The van der Waals surface area contributed by atoms with Crippen molar-refractivity contribution in [3.05, 3.63) is 11.6 Å². The van der Waals surface area contributed by atoms with Crippen molar-refractivity contribution in [2.75, 3.05) is 13.2 Å². The van der Waals surface area contributed by atoms with E-state index in [-0.39, 0.29) is 17.8 Å².